The number of nitrogens with one attached hydrogen (secondary N) is 2. The van der Waals surface area contributed by atoms with E-state index in [1.165, 1.54) is 0 Å². The van der Waals surface area contributed by atoms with Crippen molar-refractivity contribution >= 4 is 55.8 Å². The van der Waals surface area contributed by atoms with Gasteiger partial charge in [-0.2, -0.15) is 0 Å². The van der Waals surface area contributed by atoms with Gasteiger partial charge in [0.2, 0.25) is 15.9 Å². The maximum Gasteiger partial charge on any atom is 0.253 e. The Balaban J connectivity index is 1.73. The zero-order valence-corrected chi connectivity index (χ0v) is 20.3. The Labute approximate surface area is 201 Å². The van der Waals surface area contributed by atoms with Crippen LogP contribution in [0.4, 0.5) is 11.4 Å². The number of halogens is 1. The van der Waals surface area contributed by atoms with Crippen LogP contribution in [0, 0.1) is 3.57 Å². The molecule has 3 rings (SSSR count). The van der Waals surface area contributed by atoms with Crippen molar-refractivity contribution < 1.29 is 18.0 Å². The lowest BCUT2D eigenvalue weighted by atomic mass is 10.1. The summed E-state index contributed by atoms with van der Waals surface area (Å²) < 4.78 is 26.5. The Bertz CT molecular complexity index is 1200. The fourth-order valence-corrected chi connectivity index (χ4v) is 4.21. The summed E-state index contributed by atoms with van der Waals surface area (Å²) in [5.41, 5.74) is 1.93. The van der Waals surface area contributed by atoms with E-state index in [4.69, 9.17) is 0 Å². The Kier molecular flexibility index (Phi) is 7.86. The Hall–Kier alpha value is -2.92. The van der Waals surface area contributed by atoms with Crippen LogP contribution in [-0.2, 0) is 21.4 Å². The van der Waals surface area contributed by atoms with Gasteiger partial charge in [0.25, 0.3) is 5.91 Å². The molecule has 2 N–H and O–H groups in total. The minimum atomic E-state index is -3.69. The molecule has 7 nitrogen and oxygen atoms in total. The van der Waals surface area contributed by atoms with E-state index in [0.717, 1.165) is 19.7 Å². The van der Waals surface area contributed by atoms with Gasteiger partial charge in [-0.3, -0.25) is 13.9 Å². The molecule has 9 heteroatoms. The van der Waals surface area contributed by atoms with Gasteiger partial charge in [0.15, 0.2) is 0 Å². The number of carbonyl (C=O) groups is 2. The molecule has 0 spiro atoms. The first-order valence-electron chi connectivity index (χ1n) is 9.68. The average Bonchev–Trinajstić information content (AvgIpc) is 2.77. The standard InChI is InChI=1S/C23H22IN3O4S/c1-32(30,31)27(19-13-11-18(24)12-14-19)16-22(28)26-21-10-6-5-9-20(21)23(29)25-15-17-7-3-2-4-8-17/h2-14H,15-16H2,1H3,(H,25,29)(H,26,28). The quantitative estimate of drug-likeness (QED) is 0.410. The largest absolute Gasteiger partial charge is 0.348 e. The molecule has 0 atom stereocenters. The van der Waals surface area contributed by atoms with Crippen molar-refractivity contribution in [3.05, 3.63) is 93.6 Å². The predicted molar refractivity (Wildman–Crippen MR) is 134 cm³/mol. The second-order valence-corrected chi connectivity index (χ2v) is 10.2. The highest BCUT2D eigenvalue weighted by molar-refractivity contribution is 14.1. The number of sulfonamides is 1. The molecule has 0 bridgehead atoms. The van der Waals surface area contributed by atoms with Gasteiger partial charge < -0.3 is 10.6 Å². The van der Waals surface area contributed by atoms with Crippen LogP contribution in [0.3, 0.4) is 0 Å². The first kappa shape index (κ1) is 23.7. The van der Waals surface area contributed by atoms with Gasteiger partial charge in [-0.1, -0.05) is 42.5 Å². The lowest BCUT2D eigenvalue weighted by Gasteiger charge is -2.22. The van der Waals surface area contributed by atoms with Gasteiger partial charge in [0.05, 0.1) is 23.2 Å². The van der Waals surface area contributed by atoms with Crippen molar-refractivity contribution in [3.8, 4) is 0 Å². The Morgan fingerprint density at radius 1 is 0.906 bits per heavy atom. The molecule has 0 aromatic heterocycles. The highest BCUT2D eigenvalue weighted by Crippen LogP contribution is 2.20. The molecule has 166 valence electrons. The number of hydrogen-bond donors (Lipinski definition) is 2. The fourth-order valence-electron chi connectivity index (χ4n) is 2.99. The molecule has 0 aliphatic heterocycles. The highest BCUT2D eigenvalue weighted by Gasteiger charge is 2.22. The Morgan fingerprint density at radius 3 is 2.19 bits per heavy atom. The first-order valence-corrected chi connectivity index (χ1v) is 12.6. The number of carbonyl (C=O) groups excluding carboxylic acids is 2. The van der Waals surface area contributed by atoms with Crippen LogP contribution in [0.1, 0.15) is 15.9 Å². The zero-order chi connectivity index (χ0) is 23.1. The molecule has 0 unspecified atom stereocenters. The van der Waals surface area contributed by atoms with E-state index in [1.807, 2.05) is 30.3 Å². The van der Waals surface area contributed by atoms with Crippen molar-refractivity contribution in [3.63, 3.8) is 0 Å². The van der Waals surface area contributed by atoms with Crippen molar-refractivity contribution in [2.45, 2.75) is 6.54 Å². The summed E-state index contributed by atoms with van der Waals surface area (Å²) in [5, 5.41) is 5.49. The van der Waals surface area contributed by atoms with Gasteiger partial charge in [-0.05, 0) is 64.6 Å². The monoisotopic (exact) mass is 563 g/mol. The molecule has 0 fully saturated rings. The third kappa shape index (κ3) is 6.54. The molecule has 0 saturated heterocycles. The molecule has 0 aliphatic carbocycles. The van der Waals surface area contributed by atoms with E-state index < -0.39 is 22.5 Å². The van der Waals surface area contributed by atoms with E-state index in [9.17, 15) is 18.0 Å². The third-order valence-corrected chi connectivity index (χ3v) is 6.40. The molecule has 0 heterocycles. The molecule has 2 amide bonds. The maximum absolute atomic E-state index is 12.7. The van der Waals surface area contributed by atoms with E-state index in [-0.39, 0.29) is 11.5 Å². The summed E-state index contributed by atoms with van der Waals surface area (Å²) >= 11 is 2.12. The smallest absolute Gasteiger partial charge is 0.253 e. The molecular formula is C23H22IN3O4S. The predicted octanol–water partition coefficient (Wildman–Crippen LogP) is 3.63. The normalized spacial score (nSPS) is 10.9. The lowest BCUT2D eigenvalue weighted by molar-refractivity contribution is -0.114. The number of benzene rings is 3. The molecule has 32 heavy (non-hydrogen) atoms. The minimum absolute atomic E-state index is 0.289. The number of amides is 2. The second-order valence-electron chi connectivity index (χ2n) is 7.01. The van der Waals surface area contributed by atoms with E-state index in [2.05, 4.69) is 33.2 Å². The van der Waals surface area contributed by atoms with E-state index >= 15 is 0 Å². The van der Waals surface area contributed by atoms with Crippen molar-refractivity contribution in [1.29, 1.82) is 0 Å². The maximum atomic E-state index is 12.7. The summed E-state index contributed by atoms with van der Waals surface area (Å²) in [5.74, 6) is -0.903. The van der Waals surface area contributed by atoms with Gasteiger partial charge >= 0.3 is 0 Å². The summed E-state index contributed by atoms with van der Waals surface area (Å²) in [6, 6.07) is 22.9. The third-order valence-electron chi connectivity index (χ3n) is 4.54. The second kappa shape index (κ2) is 10.6. The van der Waals surface area contributed by atoms with Gasteiger partial charge in [-0.25, -0.2) is 8.42 Å². The summed E-state index contributed by atoms with van der Waals surface area (Å²) in [6.07, 6.45) is 1.04. The number of nitrogens with zero attached hydrogens (tertiary/aromatic N) is 1. The average molecular weight is 563 g/mol. The molecule has 3 aromatic carbocycles. The van der Waals surface area contributed by atoms with Gasteiger partial charge in [-0.15, -0.1) is 0 Å². The van der Waals surface area contributed by atoms with Crippen LogP contribution in [0.25, 0.3) is 0 Å². The van der Waals surface area contributed by atoms with Crippen LogP contribution in [-0.4, -0.2) is 33.0 Å². The van der Waals surface area contributed by atoms with Crippen LogP contribution in [0.5, 0.6) is 0 Å². The topological polar surface area (TPSA) is 95.6 Å². The number of para-hydroxylation sites is 1. The lowest BCUT2D eigenvalue weighted by Crippen LogP contribution is -2.37. The SMILES string of the molecule is CS(=O)(=O)N(CC(=O)Nc1ccccc1C(=O)NCc1ccccc1)c1ccc(I)cc1. The van der Waals surface area contributed by atoms with Gasteiger partial charge in [0.1, 0.15) is 6.54 Å². The van der Waals surface area contributed by atoms with Crippen molar-refractivity contribution in [1.82, 2.24) is 5.32 Å². The summed E-state index contributed by atoms with van der Waals surface area (Å²) in [4.78, 5) is 25.4. The van der Waals surface area contributed by atoms with Crippen LogP contribution in [0.15, 0.2) is 78.9 Å². The van der Waals surface area contributed by atoms with Crippen molar-refractivity contribution in [2.24, 2.45) is 0 Å². The number of anilines is 2. The van der Waals surface area contributed by atoms with Crippen molar-refractivity contribution in [2.75, 3.05) is 22.4 Å². The van der Waals surface area contributed by atoms with Crippen LogP contribution < -0.4 is 14.9 Å². The number of rotatable bonds is 8. The Morgan fingerprint density at radius 2 is 1.53 bits per heavy atom. The molecule has 0 saturated carbocycles. The fraction of sp³-hybridized carbons (Fsp3) is 0.130. The van der Waals surface area contributed by atoms with E-state index in [0.29, 0.717) is 17.9 Å². The zero-order valence-electron chi connectivity index (χ0n) is 17.3. The minimum Gasteiger partial charge on any atom is -0.348 e. The molecule has 0 radical (unpaired) electrons. The molecular weight excluding hydrogens is 541 g/mol. The summed E-state index contributed by atoms with van der Waals surface area (Å²) in [6.45, 7) is -0.0734. The molecule has 0 aliphatic rings. The first-order chi connectivity index (χ1) is 15.2. The molecule has 3 aromatic rings. The van der Waals surface area contributed by atoms with Gasteiger partial charge in [0, 0.05) is 10.1 Å². The van der Waals surface area contributed by atoms with Crippen LogP contribution >= 0.6 is 22.6 Å². The van der Waals surface area contributed by atoms with Crippen LogP contribution in [0.2, 0.25) is 0 Å². The number of hydrogen-bond acceptors (Lipinski definition) is 4. The van der Waals surface area contributed by atoms with E-state index in [1.54, 1.807) is 48.5 Å². The summed E-state index contributed by atoms with van der Waals surface area (Å²) in [7, 11) is -3.69. The highest BCUT2D eigenvalue weighted by atomic mass is 127.